The highest BCUT2D eigenvalue weighted by Crippen LogP contribution is 2.15. The molecule has 0 amide bonds. The smallest absolute Gasteiger partial charge is 0.161 e. The van der Waals surface area contributed by atoms with E-state index in [0.717, 1.165) is 13.1 Å². The van der Waals surface area contributed by atoms with Gasteiger partial charge in [0.2, 0.25) is 0 Å². The number of aliphatic hydroxyl groups excluding tert-OH is 1. The van der Waals surface area contributed by atoms with Crippen LogP contribution >= 0.6 is 11.6 Å². The molecule has 0 radical (unpaired) electrons. The first-order chi connectivity index (χ1) is 8.71. The molecule has 0 aliphatic rings. The molecule has 0 bridgehead atoms. The van der Waals surface area contributed by atoms with Crippen molar-refractivity contribution in [3.05, 3.63) is 22.8 Å². The number of aromatic nitrogens is 1. The zero-order valence-electron chi connectivity index (χ0n) is 10.4. The van der Waals surface area contributed by atoms with Gasteiger partial charge in [-0.3, -0.25) is 4.90 Å². The van der Waals surface area contributed by atoms with Crippen molar-refractivity contribution in [1.29, 1.82) is 5.26 Å². The minimum absolute atomic E-state index is 0.158. The number of nitrogens with zero attached hydrogens (tertiary/aromatic N) is 3. The second-order valence-electron chi connectivity index (χ2n) is 3.72. The van der Waals surface area contributed by atoms with Crippen molar-refractivity contribution >= 4 is 17.4 Å². The van der Waals surface area contributed by atoms with Gasteiger partial charge >= 0.3 is 0 Å². The van der Waals surface area contributed by atoms with Crippen LogP contribution < -0.4 is 5.32 Å². The van der Waals surface area contributed by atoms with Crippen LogP contribution in [-0.4, -0.2) is 47.8 Å². The van der Waals surface area contributed by atoms with Crippen molar-refractivity contribution in [2.45, 2.75) is 6.92 Å². The van der Waals surface area contributed by atoms with E-state index in [1.807, 2.05) is 13.0 Å². The van der Waals surface area contributed by atoms with Gasteiger partial charge in [0.25, 0.3) is 0 Å². The quantitative estimate of drug-likeness (QED) is 0.781. The molecular weight excluding hydrogens is 252 g/mol. The average Bonchev–Trinajstić information content (AvgIpc) is 2.39. The third-order valence-electron chi connectivity index (χ3n) is 2.55. The van der Waals surface area contributed by atoms with Crippen molar-refractivity contribution in [2.75, 3.05) is 38.1 Å². The Morgan fingerprint density at radius 3 is 2.89 bits per heavy atom. The third kappa shape index (κ3) is 4.49. The van der Waals surface area contributed by atoms with Crippen molar-refractivity contribution in [3.8, 4) is 6.07 Å². The molecule has 0 aliphatic carbocycles. The SMILES string of the molecule is CCN(CCO)CCNc1ccc(Cl)c(C#N)n1. The minimum Gasteiger partial charge on any atom is -0.395 e. The van der Waals surface area contributed by atoms with E-state index in [4.69, 9.17) is 22.0 Å². The van der Waals surface area contributed by atoms with Crippen LogP contribution in [0.15, 0.2) is 12.1 Å². The number of rotatable bonds is 7. The first-order valence-corrected chi connectivity index (χ1v) is 6.22. The van der Waals surface area contributed by atoms with Crippen molar-refractivity contribution < 1.29 is 5.11 Å². The maximum absolute atomic E-state index is 8.86. The van der Waals surface area contributed by atoms with E-state index in [2.05, 4.69) is 15.2 Å². The van der Waals surface area contributed by atoms with Crippen LogP contribution in [0.25, 0.3) is 0 Å². The summed E-state index contributed by atoms with van der Waals surface area (Å²) in [4.78, 5) is 6.21. The fraction of sp³-hybridized carbons (Fsp3) is 0.500. The Balaban J connectivity index is 2.46. The number of hydrogen-bond donors (Lipinski definition) is 2. The maximum Gasteiger partial charge on any atom is 0.161 e. The van der Waals surface area contributed by atoms with Crippen LogP contribution in [0.2, 0.25) is 5.02 Å². The van der Waals surface area contributed by atoms with Gasteiger partial charge in [-0.25, -0.2) is 4.98 Å². The number of aliphatic hydroxyl groups is 1. The molecule has 18 heavy (non-hydrogen) atoms. The summed E-state index contributed by atoms with van der Waals surface area (Å²) in [6.45, 7) is 5.27. The Labute approximate surface area is 112 Å². The highest BCUT2D eigenvalue weighted by Gasteiger charge is 2.04. The lowest BCUT2D eigenvalue weighted by molar-refractivity contribution is 0.206. The number of pyridine rings is 1. The van der Waals surface area contributed by atoms with Gasteiger partial charge in [0, 0.05) is 19.6 Å². The monoisotopic (exact) mass is 268 g/mol. The van der Waals surface area contributed by atoms with Crippen molar-refractivity contribution in [1.82, 2.24) is 9.88 Å². The summed E-state index contributed by atoms with van der Waals surface area (Å²) in [5.41, 5.74) is 0.226. The topological polar surface area (TPSA) is 72.2 Å². The number of nitrogens with one attached hydrogen (secondary N) is 1. The van der Waals surface area contributed by atoms with E-state index < -0.39 is 0 Å². The Kier molecular flexibility index (Phi) is 6.44. The summed E-state index contributed by atoms with van der Waals surface area (Å²) in [5, 5.41) is 21.1. The van der Waals surface area contributed by atoms with E-state index in [9.17, 15) is 0 Å². The molecule has 0 aromatic carbocycles. The van der Waals surface area contributed by atoms with E-state index in [1.165, 1.54) is 0 Å². The van der Waals surface area contributed by atoms with Gasteiger partial charge in [0.15, 0.2) is 5.69 Å². The molecule has 0 spiro atoms. The van der Waals surface area contributed by atoms with E-state index >= 15 is 0 Å². The molecule has 0 aliphatic heterocycles. The number of hydrogen-bond acceptors (Lipinski definition) is 5. The number of likely N-dealkylation sites (N-methyl/N-ethyl adjacent to an activating group) is 1. The second kappa shape index (κ2) is 7.88. The fourth-order valence-corrected chi connectivity index (χ4v) is 1.68. The standard InChI is InChI=1S/C12H17ClN4O/c1-2-17(7-8-18)6-5-15-12-4-3-10(13)11(9-14)16-12/h3-4,18H,2,5-8H2,1H3,(H,15,16). The molecule has 5 nitrogen and oxygen atoms in total. The normalized spacial score (nSPS) is 10.4. The van der Waals surface area contributed by atoms with Gasteiger partial charge < -0.3 is 10.4 Å². The van der Waals surface area contributed by atoms with Crippen LogP contribution in [0, 0.1) is 11.3 Å². The Morgan fingerprint density at radius 2 is 2.28 bits per heavy atom. The van der Waals surface area contributed by atoms with Crippen LogP contribution in [0.4, 0.5) is 5.82 Å². The summed E-state index contributed by atoms with van der Waals surface area (Å²) in [6.07, 6.45) is 0. The molecule has 0 saturated carbocycles. The minimum atomic E-state index is 0.158. The predicted molar refractivity (Wildman–Crippen MR) is 71.7 cm³/mol. The molecule has 0 saturated heterocycles. The first-order valence-electron chi connectivity index (χ1n) is 5.85. The van der Waals surface area contributed by atoms with E-state index in [-0.39, 0.29) is 12.3 Å². The Bertz CT molecular complexity index is 419. The molecule has 1 heterocycles. The maximum atomic E-state index is 8.86. The molecule has 1 rings (SSSR count). The Hall–Kier alpha value is -1.35. The molecule has 0 atom stereocenters. The van der Waals surface area contributed by atoms with Gasteiger partial charge in [-0.15, -0.1) is 0 Å². The molecule has 0 unspecified atom stereocenters. The van der Waals surface area contributed by atoms with Gasteiger partial charge in [0.1, 0.15) is 11.9 Å². The molecule has 1 aromatic rings. The third-order valence-corrected chi connectivity index (χ3v) is 2.85. The number of anilines is 1. The van der Waals surface area contributed by atoms with Crippen molar-refractivity contribution in [3.63, 3.8) is 0 Å². The summed E-state index contributed by atoms with van der Waals surface area (Å²) in [7, 11) is 0. The molecule has 2 N–H and O–H groups in total. The van der Waals surface area contributed by atoms with E-state index in [0.29, 0.717) is 23.9 Å². The highest BCUT2D eigenvalue weighted by atomic mass is 35.5. The summed E-state index contributed by atoms with van der Waals surface area (Å²) in [6, 6.07) is 5.33. The van der Waals surface area contributed by atoms with Crippen LogP contribution in [0.5, 0.6) is 0 Å². The van der Waals surface area contributed by atoms with Crippen molar-refractivity contribution in [2.24, 2.45) is 0 Å². The zero-order valence-corrected chi connectivity index (χ0v) is 11.1. The van der Waals surface area contributed by atoms with E-state index in [1.54, 1.807) is 12.1 Å². The largest absolute Gasteiger partial charge is 0.395 e. The molecule has 6 heteroatoms. The summed E-state index contributed by atoms with van der Waals surface area (Å²) >= 11 is 5.80. The van der Waals surface area contributed by atoms with Gasteiger partial charge in [-0.1, -0.05) is 18.5 Å². The lowest BCUT2D eigenvalue weighted by atomic mass is 10.3. The average molecular weight is 269 g/mol. The predicted octanol–water partition coefficient (Wildman–Crippen LogP) is 1.33. The number of halogens is 1. The highest BCUT2D eigenvalue weighted by molar-refractivity contribution is 6.31. The first kappa shape index (κ1) is 14.7. The van der Waals surface area contributed by atoms with Crippen LogP contribution in [0.1, 0.15) is 12.6 Å². The lowest BCUT2D eigenvalue weighted by Gasteiger charge is -2.19. The zero-order chi connectivity index (χ0) is 13.4. The van der Waals surface area contributed by atoms with Gasteiger partial charge in [-0.2, -0.15) is 5.26 Å². The lowest BCUT2D eigenvalue weighted by Crippen LogP contribution is -2.31. The van der Waals surface area contributed by atoms with Gasteiger partial charge in [-0.05, 0) is 18.7 Å². The summed E-state index contributed by atoms with van der Waals surface area (Å²) in [5.74, 6) is 0.635. The molecular formula is C12H17ClN4O. The van der Waals surface area contributed by atoms with Gasteiger partial charge in [0.05, 0.1) is 11.6 Å². The fourth-order valence-electron chi connectivity index (χ4n) is 1.53. The molecule has 98 valence electrons. The van der Waals surface area contributed by atoms with Crippen LogP contribution in [0.3, 0.4) is 0 Å². The van der Waals surface area contributed by atoms with Crippen LogP contribution in [-0.2, 0) is 0 Å². The molecule has 1 aromatic heterocycles. The Morgan fingerprint density at radius 1 is 1.50 bits per heavy atom. The second-order valence-corrected chi connectivity index (χ2v) is 4.13. The number of nitriles is 1. The molecule has 0 fully saturated rings. The summed E-state index contributed by atoms with van der Waals surface area (Å²) < 4.78 is 0.